The van der Waals surface area contributed by atoms with Gasteiger partial charge >= 0.3 is 5.97 Å². The lowest BCUT2D eigenvalue weighted by molar-refractivity contribution is -0.149. The zero-order valence-electron chi connectivity index (χ0n) is 12.2. The molecule has 0 radical (unpaired) electrons. The number of carboxylic acid groups (broad SMARTS) is 1. The van der Waals surface area contributed by atoms with E-state index in [2.05, 4.69) is 0 Å². The molecule has 2 aromatic carbocycles. The van der Waals surface area contributed by atoms with Gasteiger partial charge in [-0.1, -0.05) is 29.8 Å². The number of carboxylic acids is 1. The van der Waals surface area contributed by atoms with Gasteiger partial charge in [-0.25, -0.2) is 4.79 Å². The minimum atomic E-state index is -1.01. The van der Waals surface area contributed by atoms with Crippen molar-refractivity contribution in [2.45, 2.75) is 19.4 Å². The molecule has 0 aromatic heterocycles. The van der Waals surface area contributed by atoms with Gasteiger partial charge in [0.15, 0.2) is 6.10 Å². The quantitative estimate of drug-likeness (QED) is 0.832. The van der Waals surface area contributed by atoms with E-state index in [9.17, 15) is 9.90 Å². The Kier molecular flexibility index (Phi) is 5.81. The summed E-state index contributed by atoms with van der Waals surface area (Å²) in [4.78, 5) is 11.2. The summed E-state index contributed by atoms with van der Waals surface area (Å²) in [7, 11) is 0. The summed E-state index contributed by atoms with van der Waals surface area (Å²) < 4.78 is 11.1. The van der Waals surface area contributed by atoms with Crippen LogP contribution in [0.2, 0.25) is 5.02 Å². The number of para-hydroxylation sites is 1. The van der Waals surface area contributed by atoms with Crippen LogP contribution in [0.3, 0.4) is 0 Å². The molecule has 0 saturated heterocycles. The van der Waals surface area contributed by atoms with Gasteiger partial charge in [-0.2, -0.15) is 0 Å². The van der Waals surface area contributed by atoms with Crippen LogP contribution in [-0.4, -0.2) is 23.8 Å². The largest absolute Gasteiger partial charge is 0.479 e. The van der Waals surface area contributed by atoms with Crippen molar-refractivity contribution in [3.05, 3.63) is 59.1 Å². The molecule has 5 heteroatoms. The predicted molar refractivity (Wildman–Crippen MR) is 84.7 cm³/mol. The van der Waals surface area contributed by atoms with Gasteiger partial charge in [0.2, 0.25) is 0 Å². The highest BCUT2D eigenvalue weighted by Crippen LogP contribution is 2.29. The molecule has 2 aromatic rings. The fourth-order valence-corrected chi connectivity index (χ4v) is 2.24. The van der Waals surface area contributed by atoms with E-state index in [4.69, 9.17) is 21.1 Å². The number of ether oxygens (including phenoxy) is 2. The molecule has 1 atom stereocenters. The molecule has 0 heterocycles. The van der Waals surface area contributed by atoms with E-state index in [0.29, 0.717) is 28.7 Å². The number of aliphatic carboxylic acids is 1. The Morgan fingerprint density at radius 1 is 1.23 bits per heavy atom. The van der Waals surface area contributed by atoms with Gasteiger partial charge in [-0.05, 0) is 42.8 Å². The maximum Gasteiger partial charge on any atom is 0.333 e. The minimum Gasteiger partial charge on any atom is -0.479 e. The molecule has 0 fully saturated rings. The molecule has 0 amide bonds. The molecule has 2 rings (SSSR count). The van der Waals surface area contributed by atoms with E-state index in [-0.39, 0.29) is 6.42 Å². The third-order valence-corrected chi connectivity index (χ3v) is 3.28. The van der Waals surface area contributed by atoms with Crippen LogP contribution in [0.25, 0.3) is 0 Å². The lowest BCUT2D eigenvalue weighted by atomic mass is 10.1. The minimum absolute atomic E-state index is 0.186. The monoisotopic (exact) mass is 320 g/mol. The highest BCUT2D eigenvalue weighted by atomic mass is 35.5. The molecule has 0 aliphatic carbocycles. The Morgan fingerprint density at radius 3 is 2.59 bits per heavy atom. The van der Waals surface area contributed by atoms with Crippen molar-refractivity contribution < 1.29 is 19.4 Å². The summed E-state index contributed by atoms with van der Waals surface area (Å²) in [5.74, 6) is 0.239. The smallest absolute Gasteiger partial charge is 0.333 e. The van der Waals surface area contributed by atoms with Gasteiger partial charge in [0, 0.05) is 18.1 Å². The number of hydrogen-bond donors (Lipinski definition) is 1. The van der Waals surface area contributed by atoms with E-state index >= 15 is 0 Å². The molecular weight excluding hydrogens is 304 g/mol. The topological polar surface area (TPSA) is 55.8 Å². The maximum absolute atomic E-state index is 11.2. The Morgan fingerprint density at radius 2 is 1.95 bits per heavy atom. The summed E-state index contributed by atoms with van der Waals surface area (Å²) >= 11 is 6.02. The Labute approximate surface area is 134 Å². The second-order valence-corrected chi connectivity index (χ2v) is 5.09. The van der Waals surface area contributed by atoms with Crippen molar-refractivity contribution in [1.82, 2.24) is 0 Å². The summed E-state index contributed by atoms with van der Waals surface area (Å²) in [6.45, 7) is 2.09. The van der Waals surface area contributed by atoms with Crippen LogP contribution in [-0.2, 0) is 16.0 Å². The average molecular weight is 321 g/mol. The van der Waals surface area contributed by atoms with Gasteiger partial charge in [0.25, 0.3) is 0 Å². The summed E-state index contributed by atoms with van der Waals surface area (Å²) in [5, 5.41) is 9.74. The molecule has 0 unspecified atom stereocenters. The van der Waals surface area contributed by atoms with E-state index in [1.165, 1.54) is 0 Å². The highest BCUT2D eigenvalue weighted by Gasteiger charge is 2.20. The molecule has 0 bridgehead atoms. The highest BCUT2D eigenvalue weighted by molar-refractivity contribution is 6.30. The third-order valence-electron chi connectivity index (χ3n) is 3.04. The van der Waals surface area contributed by atoms with E-state index in [0.717, 1.165) is 0 Å². The Balaban J connectivity index is 2.25. The van der Waals surface area contributed by atoms with Gasteiger partial charge in [-0.3, -0.25) is 0 Å². The zero-order valence-corrected chi connectivity index (χ0v) is 12.9. The van der Waals surface area contributed by atoms with Crippen molar-refractivity contribution in [3.63, 3.8) is 0 Å². The molecule has 0 saturated carbocycles. The van der Waals surface area contributed by atoms with Gasteiger partial charge in [0.05, 0.1) is 0 Å². The van der Waals surface area contributed by atoms with Crippen LogP contribution in [0.1, 0.15) is 12.5 Å². The lowest BCUT2D eigenvalue weighted by Gasteiger charge is -2.16. The summed E-state index contributed by atoms with van der Waals surface area (Å²) in [5.41, 5.74) is 0.692. The number of carbonyl (C=O) groups is 1. The van der Waals surface area contributed by atoms with Crippen LogP contribution < -0.4 is 4.74 Å². The van der Waals surface area contributed by atoms with E-state index in [1.807, 2.05) is 30.3 Å². The van der Waals surface area contributed by atoms with Crippen molar-refractivity contribution in [2.75, 3.05) is 6.61 Å². The third kappa shape index (κ3) is 4.48. The average Bonchev–Trinajstić information content (AvgIpc) is 2.50. The van der Waals surface area contributed by atoms with Crippen LogP contribution in [0.5, 0.6) is 11.5 Å². The standard InChI is InChI=1S/C17H17ClO4/c1-2-21-16(17(19)20)11-12-10-13(18)8-9-15(12)22-14-6-4-3-5-7-14/h3-10,16H,2,11H2,1H3,(H,19,20)/t16-/m0/s1. The van der Waals surface area contributed by atoms with Crippen molar-refractivity contribution >= 4 is 17.6 Å². The first-order valence-electron chi connectivity index (χ1n) is 6.96. The lowest BCUT2D eigenvalue weighted by Crippen LogP contribution is -2.26. The number of rotatable bonds is 7. The molecule has 1 N–H and O–H groups in total. The first-order chi connectivity index (χ1) is 10.6. The van der Waals surface area contributed by atoms with Crippen LogP contribution >= 0.6 is 11.6 Å². The van der Waals surface area contributed by atoms with E-state index < -0.39 is 12.1 Å². The summed E-state index contributed by atoms with van der Waals surface area (Å²) in [6, 6.07) is 14.4. The van der Waals surface area contributed by atoms with Crippen LogP contribution in [0.15, 0.2) is 48.5 Å². The molecular formula is C17H17ClO4. The van der Waals surface area contributed by atoms with Crippen molar-refractivity contribution in [1.29, 1.82) is 0 Å². The van der Waals surface area contributed by atoms with Gasteiger partial charge in [0.1, 0.15) is 11.5 Å². The molecule has 22 heavy (non-hydrogen) atoms. The van der Waals surface area contributed by atoms with Crippen molar-refractivity contribution in [3.8, 4) is 11.5 Å². The first-order valence-corrected chi connectivity index (χ1v) is 7.33. The SMILES string of the molecule is CCO[C@@H](Cc1cc(Cl)ccc1Oc1ccccc1)C(=O)O. The van der Waals surface area contributed by atoms with Crippen LogP contribution in [0, 0.1) is 0 Å². The van der Waals surface area contributed by atoms with Gasteiger partial charge < -0.3 is 14.6 Å². The first kappa shape index (κ1) is 16.3. The van der Waals surface area contributed by atoms with E-state index in [1.54, 1.807) is 25.1 Å². The van der Waals surface area contributed by atoms with Crippen LogP contribution in [0.4, 0.5) is 0 Å². The number of hydrogen-bond acceptors (Lipinski definition) is 3. The maximum atomic E-state index is 11.2. The van der Waals surface area contributed by atoms with Gasteiger partial charge in [-0.15, -0.1) is 0 Å². The zero-order chi connectivity index (χ0) is 15.9. The summed E-state index contributed by atoms with van der Waals surface area (Å²) in [6.07, 6.45) is -0.743. The second kappa shape index (κ2) is 7.82. The molecule has 116 valence electrons. The molecule has 0 spiro atoms. The Bertz CT molecular complexity index is 628. The van der Waals surface area contributed by atoms with Crippen molar-refractivity contribution in [2.24, 2.45) is 0 Å². The molecule has 4 nitrogen and oxygen atoms in total. The second-order valence-electron chi connectivity index (χ2n) is 4.65. The fraction of sp³-hybridized carbons (Fsp3) is 0.235. The molecule has 0 aliphatic heterocycles. The molecule has 0 aliphatic rings. The number of halogens is 1. The fourth-order valence-electron chi connectivity index (χ4n) is 2.04. The predicted octanol–water partition coefficient (Wildman–Crippen LogP) is 4.16. The normalized spacial score (nSPS) is 11.9. The number of benzene rings is 2. The Hall–Kier alpha value is -2.04.